The topological polar surface area (TPSA) is 29.3 Å². The fraction of sp³-hybridized carbons (Fsp3) is 0.625. The molecule has 0 saturated heterocycles. The lowest BCUT2D eigenvalue weighted by atomic mass is 9.95. The zero-order chi connectivity index (χ0) is 13.8. The average molecular weight is 264 g/mol. The molecule has 1 fully saturated rings. The summed E-state index contributed by atoms with van der Waals surface area (Å²) in [4.78, 5) is 2.37. The summed E-state index contributed by atoms with van der Waals surface area (Å²) in [5.74, 6) is -0.175. The minimum Gasteiger partial charge on any atom is -0.326 e. The summed E-state index contributed by atoms with van der Waals surface area (Å²) in [5.41, 5.74) is 7.31. The van der Waals surface area contributed by atoms with Crippen LogP contribution in [0.1, 0.15) is 50.6 Å². The first-order chi connectivity index (χ1) is 9.13. The largest absolute Gasteiger partial charge is 0.326 e. The molecule has 1 aliphatic carbocycles. The van der Waals surface area contributed by atoms with Crippen LogP contribution in [0.3, 0.4) is 0 Å². The van der Waals surface area contributed by atoms with Crippen molar-refractivity contribution in [1.82, 2.24) is 4.90 Å². The van der Waals surface area contributed by atoms with Crippen LogP contribution in [0.15, 0.2) is 24.3 Å². The van der Waals surface area contributed by atoms with Gasteiger partial charge in [0, 0.05) is 18.1 Å². The van der Waals surface area contributed by atoms with Gasteiger partial charge in [-0.3, -0.25) is 4.90 Å². The second-order valence-electron chi connectivity index (χ2n) is 5.68. The molecule has 106 valence electrons. The van der Waals surface area contributed by atoms with Crippen LogP contribution in [-0.4, -0.2) is 24.0 Å². The number of likely N-dealkylation sites (N-methyl/N-ethyl adjacent to an activating group) is 1. The normalized spacial score (nSPS) is 19.8. The highest BCUT2D eigenvalue weighted by Gasteiger charge is 2.30. The van der Waals surface area contributed by atoms with E-state index >= 15 is 0 Å². The standard InChI is InChI=1S/C16H25FN2/c1-3-15(18)16(12-7-6-8-13(17)11-12)19(2)14-9-4-5-10-14/h6-8,11,14-16H,3-5,9-10,18H2,1-2H3. The molecular formula is C16H25FN2. The highest BCUT2D eigenvalue weighted by Crippen LogP contribution is 2.32. The van der Waals surface area contributed by atoms with Gasteiger partial charge in [-0.15, -0.1) is 0 Å². The van der Waals surface area contributed by atoms with E-state index in [9.17, 15) is 4.39 Å². The molecule has 0 bridgehead atoms. The number of benzene rings is 1. The number of nitrogens with zero attached hydrogens (tertiary/aromatic N) is 1. The minimum absolute atomic E-state index is 0.0485. The molecule has 2 nitrogen and oxygen atoms in total. The number of rotatable bonds is 5. The first-order valence-electron chi connectivity index (χ1n) is 7.36. The first-order valence-corrected chi connectivity index (χ1v) is 7.36. The Kier molecular flexibility index (Phi) is 4.94. The Morgan fingerprint density at radius 1 is 1.37 bits per heavy atom. The predicted molar refractivity (Wildman–Crippen MR) is 77.4 cm³/mol. The summed E-state index contributed by atoms with van der Waals surface area (Å²) < 4.78 is 13.5. The van der Waals surface area contributed by atoms with E-state index in [0.717, 1.165) is 12.0 Å². The quantitative estimate of drug-likeness (QED) is 0.882. The van der Waals surface area contributed by atoms with Crippen LogP contribution in [0.4, 0.5) is 4.39 Å². The monoisotopic (exact) mass is 264 g/mol. The molecule has 0 radical (unpaired) electrons. The van der Waals surface area contributed by atoms with Crippen molar-refractivity contribution < 1.29 is 4.39 Å². The maximum atomic E-state index is 13.5. The molecule has 0 spiro atoms. The third-order valence-electron chi connectivity index (χ3n) is 4.41. The van der Waals surface area contributed by atoms with Crippen LogP contribution in [0.25, 0.3) is 0 Å². The smallest absolute Gasteiger partial charge is 0.123 e. The van der Waals surface area contributed by atoms with Gasteiger partial charge in [-0.25, -0.2) is 4.39 Å². The molecule has 0 amide bonds. The molecule has 0 heterocycles. The van der Waals surface area contributed by atoms with E-state index in [0.29, 0.717) is 6.04 Å². The van der Waals surface area contributed by atoms with Crippen molar-refractivity contribution in [1.29, 1.82) is 0 Å². The van der Waals surface area contributed by atoms with Crippen LogP contribution in [0.5, 0.6) is 0 Å². The predicted octanol–water partition coefficient (Wildman–Crippen LogP) is 3.48. The van der Waals surface area contributed by atoms with Gasteiger partial charge in [0.1, 0.15) is 5.82 Å². The summed E-state index contributed by atoms with van der Waals surface area (Å²) in [6, 6.07) is 7.65. The number of halogens is 1. The van der Waals surface area contributed by atoms with E-state index in [-0.39, 0.29) is 17.9 Å². The van der Waals surface area contributed by atoms with Crippen molar-refractivity contribution >= 4 is 0 Å². The van der Waals surface area contributed by atoms with E-state index in [4.69, 9.17) is 5.73 Å². The van der Waals surface area contributed by atoms with E-state index in [2.05, 4.69) is 18.9 Å². The van der Waals surface area contributed by atoms with Crippen molar-refractivity contribution in [2.75, 3.05) is 7.05 Å². The fourth-order valence-electron chi connectivity index (χ4n) is 3.24. The molecule has 1 aromatic rings. The number of nitrogens with two attached hydrogens (primary N) is 1. The molecular weight excluding hydrogens is 239 g/mol. The molecule has 1 saturated carbocycles. The van der Waals surface area contributed by atoms with Crippen molar-refractivity contribution in [2.45, 2.75) is 57.2 Å². The van der Waals surface area contributed by atoms with Crippen LogP contribution in [0.2, 0.25) is 0 Å². The van der Waals surface area contributed by atoms with Gasteiger partial charge < -0.3 is 5.73 Å². The lowest BCUT2D eigenvalue weighted by molar-refractivity contribution is 0.150. The van der Waals surface area contributed by atoms with Crippen LogP contribution >= 0.6 is 0 Å². The molecule has 2 atom stereocenters. The maximum Gasteiger partial charge on any atom is 0.123 e. The van der Waals surface area contributed by atoms with Crippen molar-refractivity contribution in [3.63, 3.8) is 0 Å². The molecule has 1 aromatic carbocycles. The zero-order valence-corrected chi connectivity index (χ0v) is 12.0. The first kappa shape index (κ1) is 14.5. The van der Waals surface area contributed by atoms with Gasteiger partial charge in [0.15, 0.2) is 0 Å². The summed E-state index contributed by atoms with van der Waals surface area (Å²) >= 11 is 0. The summed E-state index contributed by atoms with van der Waals surface area (Å²) in [6.45, 7) is 2.10. The lowest BCUT2D eigenvalue weighted by Gasteiger charge is -2.37. The van der Waals surface area contributed by atoms with Crippen LogP contribution < -0.4 is 5.73 Å². The van der Waals surface area contributed by atoms with Gasteiger partial charge in [0.25, 0.3) is 0 Å². The molecule has 3 heteroatoms. The van der Waals surface area contributed by atoms with Crippen LogP contribution in [-0.2, 0) is 0 Å². The number of hydrogen-bond donors (Lipinski definition) is 1. The second-order valence-corrected chi connectivity index (χ2v) is 5.68. The zero-order valence-electron chi connectivity index (χ0n) is 12.0. The van der Waals surface area contributed by atoms with Gasteiger partial charge in [-0.1, -0.05) is 31.9 Å². The van der Waals surface area contributed by atoms with Crippen molar-refractivity contribution in [2.24, 2.45) is 5.73 Å². The van der Waals surface area contributed by atoms with E-state index in [1.54, 1.807) is 12.1 Å². The Hall–Kier alpha value is -0.930. The minimum atomic E-state index is -0.175. The molecule has 2 N–H and O–H groups in total. The molecule has 0 aromatic heterocycles. The second kappa shape index (κ2) is 6.49. The van der Waals surface area contributed by atoms with E-state index in [1.807, 2.05) is 6.07 Å². The molecule has 2 unspecified atom stereocenters. The van der Waals surface area contributed by atoms with Crippen molar-refractivity contribution in [3.05, 3.63) is 35.6 Å². The maximum absolute atomic E-state index is 13.5. The summed E-state index contributed by atoms with van der Waals surface area (Å²) in [5, 5.41) is 0. The third-order valence-corrected chi connectivity index (χ3v) is 4.41. The Morgan fingerprint density at radius 3 is 2.63 bits per heavy atom. The number of hydrogen-bond acceptors (Lipinski definition) is 2. The van der Waals surface area contributed by atoms with E-state index < -0.39 is 0 Å². The molecule has 0 aliphatic heterocycles. The van der Waals surface area contributed by atoms with Gasteiger partial charge in [0.05, 0.1) is 0 Å². The molecule has 1 aliphatic rings. The molecule has 2 rings (SSSR count). The van der Waals surface area contributed by atoms with Gasteiger partial charge in [0.2, 0.25) is 0 Å². The van der Waals surface area contributed by atoms with Crippen LogP contribution in [0, 0.1) is 5.82 Å². The van der Waals surface area contributed by atoms with Gasteiger partial charge >= 0.3 is 0 Å². The Labute approximate surface area is 115 Å². The summed E-state index contributed by atoms with van der Waals surface area (Å²) in [6.07, 6.45) is 5.97. The fourth-order valence-corrected chi connectivity index (χ4v) is 3.24. The average Bonchev–Trinajstić information content (AvgIpc) is 2.92. The van der Waals surface area contributed by atoms with Gasteiger partial charge in [-0.05, 0) is 44.0 Å². The highest BCUT2D eigenvalue weighted by atomic mass is 19.1. The third kappa shape index (κ3) is 3.34. The van der Waals surface area contributed by atoms with Crippen molar-refractivity contribution in [3.8, 4) is 0 Å². The summed E-state index contributed by atoms with van der Waals surface area (Å²) in [7, 11) is 2.14. The molecule has 19 heavy (non-hydrogen) atoms. The lowest BCUT2D eigenvalue weighted by Crippen LogP contribution is -2.43. The highest BCUT2D eigenvalue weighted by molar-refractivity contribution is 5.22. The Morgan fingerprint density at radius 2 is 2.05 bits per heavy atom. The Bertz CT molecular complexity index is 401. The van der Waals surface area contributed by atoms with E-state index in [1.165, 1.54) is 31.7 Å². The Balaban J connectivity index is 2.24. The van der Waals surface area contributed by atoms with Gasteiger partial charge in [-0.2, -0.15) is 0 Å². The SMILES string of the molecule is CCC(N)C(c1cccc(F)c1)N(C)C1CCCC1.